The first kappa shape index (κ1) is 26.7. The molecule has 0 saturated heterocycles. The number of hydrogen-bond acceptors (Lipinski definition) is 3. The van der Waals surface area contributed by atoms with E-state index in [4.69, 9.17) is 9.47 Å². The minimum atomic E-state index is -0.323. The lowest BCUT2D eigenvalue weighted by molar-refractivity contribution is 0.0627. The molecule has 1 unspecified atom stereocenters. The van der Waals surface area contributed by atoms with Gasteiger partial charge in [-0.05, 0) is 66.6 Å². The molecule has 3 aromatic rings. The molecular weight excluding hydrogens is 432 g/mol. The van der Waals surface area contributed by atoms with Gasteiger partial charge in [0.05, 0.1) is 11.7 Å². The van der Waals surface area contributed by atoms with Crippen molar-refractivity contribution in [1.82, 2.24) is 0 Å². The van der Waals surface area contributed by atoms with Crippen molar-refractivity contribution in [3.8, 4) is 16.9 Å². The maximum atomic E-state index is 12.7. The Morgan fingerprint density at radius 1 is 0.743 bits per heavy atom. The van der Waals surface area contributed by atoms with Gasteiger partial charge in [-0.2, -0.15) is 0 Å². The van der Waals surface area contributed by atoms with Crippen LogP contribution in [0, 0.1) is 0 Å². The fourth-order valence-corrected chi connectivity index (χ4v) is 4.14. The molecule has 0 radical (unpaired) electrons. The molecule has 0 fully saturated rings. The van der Waals surface area contributed by atoms with E-state index < -0.39 is 0 Å². The van der Waals surface area contributed by atoms with Gasteiger partial charge in [-0.25, -0.2) is 4.79 Å². The summed E-state index contributed by atoms with van der Waals surface area (Å²) in [7, 11) is 0. The highest BCUT2D eigenvalue weighted by molar-refractivity contribution is 5.91. The van der Waals surface area contributed by atoms with E-state index in [0.29, 0.717) is 11.3 Å². The topological polar surface area (TPSA) is 35.5 Å². The van der Waals surface area contributed by atoms with Crippen molar-refractivity contribution in [3.63, 3.8) is 0 Å². The standard InChI is InChI=1S/C32H40O3/c1-4-6-8-9-12-24-34-25(3)26-16-18-27(19-17-26)28-20-22-30(23-21-28)32(33)35-31-15-11-10-14-29(31)13-7-5-2/h10-11,14-23,25H,4-9,12-13,24H2,1-3H3. The number of hydrogen-bond donors (Lipinski definition) is 0. The summed E-state index contributed by atoms with van der Waals surface area (Å²) in [4.78, 5) is 12.7. The van der Waals surface area contributed by atoms with E-state index >= 15 is 0 Å². The van der Waals surface area contributed by atoms with E-state index in [-0.39, 0.29) is 12.1 Å². The zero-order valence-electron chi connectivity index (χ0n) is 21.6. The van der Waals surface area contributed by atoms with E-state index in [1.807, 2.05) is 48.5 Å². The predicted molar refractivity (Wildman–Crippen MR) is 145 cm³/mol. The van der Waals surface area contributed by atoms with Crippen LogP contribution in [-0.4, -0.2) is 12.6 Å². The van der Waals surface area contributed by atoms with Crippen molar-refractivity contribution in [2.24, 2.45) is 0 Å². The summed E-state index contributed by atoms with van der Waals surface area (Å²) < 4.78 is 11.7. The summed E-state index contributed by atoms with van der Waals surface area (Å²) in [5.41, 5.74) is 5.00. The Bertz CT molecular complexity index is 1020. The smallest absolute Gasteiger partial charge is 0.343 e. The van der Waals surface area contributed by atoms with Gasteiger partial charge >= 0.3 is 5.97 Å². The Kier molecular flexibility index (Phi) is 11.0. The number of rotatable bonds is 14. The maximum Gasteiger partial charge on any atom is 0.343 e. The molecule has 35 heavy (non-hydrogen) atoms. The van der Waals surface area contributed by atoms with E-state index in [1.54, 1.807) is 0 Å². The van der Waals surface area contributed by atoms with Crippen LogP contribution in [0.25, 0.3) is 11.1 Å². The molecule has 0 saturated carbocycles. The number of unbranched alkanes of at least 4 members (excludes halogenated alkanes) is 5. The van der Waals surface area contributed by atoms with Gasteiger partial charge in [-0.15, -0.1) is 0 Å². The zero-order valence-corrected chi connectivity index (χ0v) is 21.6. The third-order valence-electron chi connectivity index (χ3n) is 6.42. The summed E-state index contributed by atoms with van der Waals surface area (Å²) in [5, 5.41) is 0. The number of ether oxygens (including phenoxy) is 2. The van der Waals surface area contributed by atoms with Crippen LogP contribution in [0.4, 0.5) is 0 Å². The van der Waals surface area contributed by atoms with Crippen LogP contribution in [0.15, 0.2) is 72.8 Å². The van der Waals surface area contributed by atoms with Crippen molar-refractivity contribution >= 4 is 5.97 Å². The molecule has 1 atom stereocenters. The molecule has 0 amide bonds. The molecule has 3 rings (SSSR count). The molecule has 0 heterocycles. The predicted octanol–water partition coefficient (Wildman–Crippen LogP) is 8.96. The van der Waals surface area contributed by atoms with Crippen LogP contribution in [0.3, 0.4) is 0 Å². The van der Waals surface area contributed by atoms with E-state index in [9.17, 15) is 4.79 Å². The van der Waals surface area contributed by atoms with E-state index in [1.165, 1.54) is 31.2 Å². The fraction of sp³-hybridized carbons (Fsp3) is 0.406. The molecule has 186 valence electrons. The number of aryl methyl sites for hydroxylation is 1. The van der Waals surface area contributed by atoms with Gasteiger partial charge in [0.1, 0.15) is 5.75 Å². The van der Waals surface area contributed by atoms with Crippen molar-refractivity contribution in [2.45, 2.75) is 78.2 Å². The quantitative estimate of drug-likeness (QED) is 0.133. The lowest BCUT2D eigenvalue weighted by Gasteiger charge is -2.14. The third-order valence-corrected chi connectivity index (χ3v) is 6.42. The second kappa shape index (κ2) is 14.5. The van der Waals surface area contributed by atoms with E-state index in [0.717, 1.165) is 49.0 Å². The average molecular weight is 473 g/mol. The van der Waals surface area contributed by atoms with Gasteiger partial charge in [-0.3, -0.25) is 0 Å². The Labute approximate surface area is 211 Å². The van der Waals surface area contributed by atoms with Crippen molar-refractivity contribution in [2.75, 3.05) is 6.61 Å². The molecular formula is C32H40O3. The van der Waals surface area contributed by atoms with Crippen molar-refractivity contribution in [1.29, 1.82) is 0 Å². The first-order valence-corrected chi connectivity index (χ1v) is 13.2. The minimum Gasteiger partial charge on any atom is -0.423 e. The molecule has 0 bridgehead atoms. The monoisotopic (exact) mass is 472 g/mol. The summed E-state index contributed by atoms with van der Waals surface area (Å²) in [6.07, 6.45) is 9.43. The first-order chi connectivity index (χ1) is 17.1. The minimum absolute atomic E-state index is 0.0903. The van der Waals surface area contributed by atoms with Crippen LogP contribution in [-0.2, 0) is 11.2 Å². The highest BCUT2D eigenvalue weighted by Gasteiger charge is 2.12. The molecule has 0 aliphatic carbocycles. The number of carbonyl (C=O) groups is 1. The average Bonchev–Trinajstić information content (AvgIpc) is 2.90. The lowest BCUT2D eigenvalue weighted by atomic mass is 10.0. The van der Waals surface area contributed by atoms with Gasteiger partial charge in [0.2, 0.25) is 0 Å². The van der Waals surface area contributed by atoms with Gasteiger partial charge in [0.15, 0.2) is 0 Å². The second-order valence-electron chi connectivity index (χ2n) is 9.23. The van der Waals surface area contributed by atoms with Crippen molar-refractivity contribution in [3.05, 3.63) is 89.5 Å². The van der Waals surface area contributed by atoms with Crippen molar-refractivity contribution < 1.29 is 14.3 Å². The van der Waals surface area contributed by atoms with Gasteiger partial charge < -0.3 is 9.47 Å². The number of carbonyl (C=O) groups excluding carboxylic acids is 1. The summed E-state index contributed by atoms with van der Waals surface area (Å²) >= 11 is 0. The van der Waals surface area contributed by atoms with Crippen LogP contribution in [0.1, 0.15) is 93.3 Å². The molecule has 3 aromatic carbocycles. The van der Waals surface area contributed by atoms with Crippen LogP contribution in [0.5, 0.6) is 5.75 Å². The largest absolute Gasteiger partial charge is 0.423 e. The SMILES string of the molecule is CCCCCCCOC(C)c1ccc(-c2ccc(C(=O)Oc3ccccc3CCCC)cc2)cc1. The van der Waals surface area contributed by atoms with Gasteiger partial charge in [0.25, 0.3) is 0 Å². The molecule has 3 nitrogen and oxygen atoms in total. The van der Waals surface area contributed by atoms with Crippen LogP contribution >= 0.6 is 0 Å². The highest BCUT2D eigenvalue weighted by Crippen LogP contribution is 2.25. The van der Waals surface area contributed by atoms with Crippen LogP contribution < -0.4 is 4.74 Å². The van der Waals surface area contributed by atoms with E-state index in [2.05, 4.69) is 45.0 Å². The molecule has 0 spiro atoms. The normalized spacial score (nSPS) is 11.9. The summed E-state index contributed by atoms with van der Waals surface area (Å²) in [5.74, 6) is 0.333. The number of para-hydroxylation sites is 1. The molecule has 0 aliphatic rings. The Morgan fingerprint density at radius 2 is 1.37 bits per heavy atom. The molecule has 0 aliphatic heterocycles. The Morgan fingerprint density at radius 3 is 2.06 bits per heavy atom. The zero-order chi connectivity index (χ0) is 24.9. The van der Waals surface area contributed by atoms with Crippen LogP contribution in [0.2, 0.25) is 0 Å². The number of benzene rings is 3. The van der Waals surface area contributed by atoms with Gasteiger partial charge in [-0.1, -0.05) is 101 Å². The Balaban J connectivity index is 1.55. The molecule has 0 N–H and O–H groups in total. The Hall–Kier alpha value is -2.91. The second-order valence-corrected chi connectivity index (χ2v) is 9.23. The first-order valence-electron chi connectivity index (χ1n) is 13.2. The lowest BCUT2D eigenvalue weighted by Crippen LogP contribution is -2.09. The molecule has 3 heteroatoms. The third kappa shape index (κ3) is 8.36. The maximum absolute atomic E-state index is 12.7. The van der Waals surface area contributed by atoms with Gasteiger partial charge in [0, 0.05) is 6.61 Å². The summed E-state index contributed by atoms with van der Waals surface area (Å²) in [6.45, 7) is 7.32. The fourth-order valence-electron chi connectivity index (χ4n) is 4.14. The number of esters is 1. The summed E-state index contributed by atoms with van der Waals surface area (Å²) in [6, 6.07) is 23.9. The molecule has 0 aromatic heterocycles. The highest BCUT2D eigenvalue weighted by atomic mass is 16.5.